The molecule has 0 amide bonds. The first-order valence-corrected chi connectivity index (χ1v) is 19.7. The molecule has 0 N–H and O–H groups in total. The van der Waals surface area contributed by atoms with E-state index in [0.717, 1.165) is 100 Å². The van der Waals surface area contributed by atoms with Crippen molar-refractivity contribution in [3.05, 3.63) is 240 Å². The number of para-hydroxylation sites is 5. The standard InChI is InChI=1S/C54H36N4/c1-7-21-37(22-8-1)47-48(38-23-9-2-10-24-38)53(57(39-25-11-3-12-26-39)40-27-13-4-14-28-40)54(58(41-29-15-5-16-30-41)42-31-17-6-18-32-42)50-49-46(56-52(47)50)36-35-44-43-33-19-20-34-45(43)55-51(44)49/h1-36H. The summed E-state index contributed by atoms with van der Waals surface area (Å²) in [5.74, 6) is 0. The summed E-state index contributed by atoms with van der Waals surface area (Å²) in [5, 5.41) is 4.14. The summed E-state index contributed by atoms with van der Waals surface area (Å²) < 4.78 is 0. The van der Waals surface area contributed by atoms with E-state index >= 15 is 0 Å². The van der Waals surface area contributed by atoms with Crippen LogP contribution >= 0.6 is 0 Å². The van der Waals surface area contributed by atoms with Gasteiger partial charge in [0.15, 0.2) is 0 Å². The molecular formula is C54H36N4. The molecule has 0 radical (unpaired) electrons. The number of fused-ring (bicyclic) bond motifs is 6. The topological polar surface area (TPSA) is 31.2 Å². The van der Waals surface area contributed by atoms with Gasteiger partial charge in [0.25, 0.3) is 0 Å². The fourth-order valence-electron chi connectivity index (χ4n) is 8.68. The lowest BCUT2D eigenvalue weighted by Crippen LogP contribution is -2.19. The summed E-state index contributed by atoms with van der Waals surface area (Å²) in [6, 6.07) is 77.4. The predicted molar refractivity (Wildman–Crippen MR) is 238 cm³/mol. The molecule has 0 atom stereocenters. The summed E-state index contributed by atoms with van der Waals surface area (Å²) in [6.07, 6.45) is 0. The van der Waals surface area contributed by atoms with E-state index in [1.54, 1.807) is 0 Å². The van der Waals surface area contributed by atoms with Crippen molar-refractivity contribution in [1.29, 1.82) is 0 Å². The number of anilines is 6. The van der Waals surface area contributed by atoms with E-state index in [1.807, 2.05) is 0 Å². The molecule has 9 aromatic carbocycles. The molecule has 2 aliphatic heterocycles. The minimum absolute atomic E-state index is 0.909. The Morgan fingerprint density at radius 1 is 0.259 bits per heavy atom. The van der Waals surface area contributed by atoms with Gasteiger partial charge in [-0.05, 0) is 77.9 Å². The number of hydrogen-bond donors (Lipinski definition) is 0. The van der Waals surface area contributed by atoms with Crippen molar-refractivity contribution in [3.63, 3.8) is 0 Å². The average molecular weight is 741 g/mol. The van der Waals surface area contributed by atoms with Crippen LogP contribution in [-0.2, 0) is 0 Å². The zero-order chi connectivity index (χ0) is 38.4. The number of benzene rings is 9. The molecule has 0 unspecified atom stereocenters. The second-order valence-corrected chi connectivity index (χ2v) is 14.5. The lowest BCUT2D eigenvalue weighted by atomic mass is 9.85. The molecule has 0 aliphatic carbocycles. The summed E-state index contributed by atoms with van der Waals surface area (Å²) in [6.45, 7) is 0. The maximum Gasteiger partial charge on any atom is 0.0824 e. The van der Waals surface area contributed by atoms with Crippen LogP contribution in [0, 0.1) is 10.4 Å². The molecule has 0 spiro atoms. The van der Waals surface area contributed by atoms with E-state index in [2.05, 4.69) is 228 Å². The SMILES string of the molecule is c1ccc(-c2c3c(c(N(c4ccccc4)c4ccccc4)c(N(c4ccccc4)c4ccccc4)c2-c2ccccc2)-c2c4c(ccc2=N3)=c2ccccc2=N4)cc1. The Kier molecular flexibility index (Phi) is 8.11. The summed E-state index contributed by atoms with van der Waals surface area (Å²) in [4.78, 5) is 16.0. The molecule has 272 valence electrons. The van der Waals surface area contributed by atoms with Gasteiger partial charge in [0.2, 0.25) is 0 Å². The lowest BCUT2D eigenvalue weighted by Gasteiger charge is -2.37. The minimum Gasteiger partial charge on any atom is -0.308 e. The van der Waals surface area contributed by atoms with Gasteiger partial charge in [-0.25, -0.2) is 9.98 Å². The van der Waals surface area contributed by atoms with E-state index in [0.29, 0.717) is 0 Å². The third-order valence-corrected chi connectivity index (χ3v) is 11.1. The van der Waals surface area contributed by atoms with Crippen LogP contribution in [0.15, 0.2) is 228 Å². The zero-order valence-electron chi connectivity index (χ0n) is 31.6. The van der Waals surface area contributed by atoms with Crippen molar-refractivity contribution in [2.45, 2.75) is 0 Å². The summed E-state index contributed by atoms with van der Waals surface area (Å²) in [5.41, 5.74) is 14.5. The maximum absolute atomic E-state index is 5.69. The molecule has 0 saturated heterocycles. The van der Waals surface area contributed by atoms with E-state index in [9.17, 15) is 0 Å². The fourth-order valence-corrected chi connectivity index (χ4v) is 8.68. The van der Waals surface area contributed by atoms with Gasteiger partial charge in [-0.2, -0.15) is 0 Å². The number of hydrogen-bond acceptors (Lipinski definition) is 4. The van der Waals surface area contributed by atoms with E-state index in [1.165, 1.54) is 0 Å². The first-order valence-electron chi connectivity index (χ1n) is 19.7. The first kappa shape index (κ1) is 33.5. The molecule has 58 heavy (non-hydrogen) atoms. The van der Waals surface area contributed by atoms with Gasteiger partial charge < -0.3 is 9.80 Å². The highest BCUT2D eigenvalue weighted by Crippen LogP contribution is 2.62. The Balaban J connectivity index is 1.43. The summed E-state index contributed by atoms with van der Waals surface area (Å²) in [7, 11) is 0. The van der Waals surface area contributed by atoms with E-state index in [4.69, 9.17) is 9.98 Å². The Labute approximate surface area is 336 Å². The van der Waals surface area contributed by atoms with Crippen LogP contribution in [0.2, 0.25) is 0 Å². The smallest absolute Gasteiger partial charge is 0.0824 e. The molecule has 2 aliphatic rings. The van der Waals surface area contributed by atoms with Crippen molar-refractivity contribution in [1.82, 2.24) is 0 Å². The molecule has 4 nitrogen and oxygen atoms in total. The zero-order valence-corrected chi connectivity index (χ0v) is 31.6. The Hall–Kier alpha value is -7.82. The molecular weight excluding hydrogens is 705 g/mol. The molecule has 11 rings (SSSR count). The van der Waals surface area contributed by atoms with Gasteiger partial charge in [-0.15, -0.1) is 0 Å². The number of nitrogens with zero attached hydrogens (tertiary/aromatic N) is 4. The normalized spacial score (nSPS) is 11.7. The first-order chi connectivity index (χ1) is 28.8. The third kappa shape index (κ3) is 5.46. The van der Waals surface area contributed by atoms with Crippen LogP contribution in [0.3, 0.4) is 0 Å². The van der Waals surface area contributed by atoms with Gasteiger partial charge in [-0.3, -0.25) is 0 Å². The molecule has 4 heteroatoms. The average Bonchev–Trinajstić information content (AvgIpc) is 3.88. The maximum atomic E-state index is 5.69. The van der Waals surface area contributed by atoms with Crippen LogP contribution in [0.5, 0.6) is 0 Å². The fraction of sp³-hybridized carbons (Fsp3) is 0. The molecule has 0 saturated carbocycles. The van der Waals surface area contributed by atoms with Gasteiger partial charge in [0, 0.05) is 55.4 Å². The van der Waals surface area contributed by atoms with Gasteiger partial charge in [-0.1, -0.05) is 152 Å². The highest BCUT2D eigenvalue weighted by atomic mass is 15.2. The van der Waals surface area contributed by atoms with E-state index < -0.39 is 0 Å². The second kappa shape index (κ2) is 14.0. The Morgan fingerprint density at radius 2 is 0.655 bits per heavy atom. The third-order valence-electron chi connectivity index (χ3n) is 11.1. The minimum atomic E-state index is 0.909. The van der Waals surface area contributed by atoms with Crippen molar-refractivity contribution < 1.29 is 0 Å². The highest BCUT2D eigenvalue weighted by molar-refractivity contribution is 6.17. The van der Waals surface area contributed by atoms with Crippen LogP contribution in [0.4, 0.5) is 45.5 Å². The van der Waals surface area contributed by atoms with E-state index in [-0.39, 0.29) is 0 Å². The van der Waals surface area contributed by atoms with Crippen LogP contribution < -0.4 is 20.5 Å². The van der Waals surface area contributed by atoms with Gasteiger partial charge >= 0.3 is 0 Å². The van der Waals surface area contributed by atoms with Crippen molar-refractivity contribution >= 4 is 45.5 Å². The van der Waals surface area contributed by atoms with Gasteiger partial charge in [0.05, 0.1) is 33.5 Å². The predicted octanol–water partition coefficient (Wildman–Crippen LogP) is 13.4. The molecule has 0 aromatic heterocycles. The van der Waals surface area contributed by atoms with Crippen LogP contribution in [0.1, 0.15) is 0 Å². The molecule has 0 bridgehead atoms. The van der Waals surface area contributed by atoms with Crippen LogP contribution in [0.25, 0.3) is 33.4 Å². The van der Waals surface area contributed by atoms with Crippen molar-refractivity contribution in [2.75, 3.05) is 9.80 Å². The quantitative estimate of drug-likeness (QED) is 0.155. The molecule has 9 aromatic rings. The monoisotopic (exact) mass is 740 g/mol. The number of rotatable bonds is 8. The lowest BCUT2D eigenvalue weighted by molar-refractivity contribution is 1.23. The van der Waals surface area contributed by atoms with Crippen molar-refractivity contribution in [3.8, 4) is 33.4 Å². The Morgan fingerprint density at radius 3 is 1.16 bits per heavy atom. The van der Waals surface area contributed by atoms with Crippen LogP contribution in [-0.4, -0.2) is 0 Å². The molecule has 2 heterocycles. The Bertz CT molecular complexity index is 3110. The largest absolute Gasteiger partial charge is 0.308 e. The van der Waals surface area contributed by atoms with Gasteiger partial charge in [0.1, 0.15) is 0 Å². The second-order valence-electron chi connectivity index (χ2n) is 14.5. The van der Waals surface area contributed by atoms with Crippen molar-refractivity contribution in [2.24, 2.45) is 9.98 Å². The molecule has 0 fully saturated rings. The summed E-state index contributed by atoms with van der Waals surface area (Å²) >= 11 is 0. The highest BCUT2D eigenvalue weighted by Gasteiger charge is 2.37.